The molecule has 0 atom stereocenters. The van der Waals surface area contributed by atoms with E-state index in [0.717, 1.165) is 0 Å². The second kappa shape index (κ2) is 7.43. The summed E-state index contributed by atoms with van der Waals surface area (Å²) in [6.45, 7) is 1.99. The van der Waals surface area contributed by atoms with Crippen LogP contribution >= 0.6 is 35.6 Å². The standard InChI is InChI=1S/C17H12ClNO4S2/c1-2-22-16(21)11-7-9(3-5-12(11)18)13-6-4-10(23-13)8-14-15(20)19-17(24)25-14/h3-8H,2H2,1H3,(H,19,20,24)/b14-8-. The molecular formula is C17H12ClNO4S2. The van der Waals surface area contributed by atoms with Crippen molar-refractivity contribution in [3.63, 3.8) is 0 Å². The van der Waals surface area contributed by atoms with Crippen molar-refractivity contribution in [3.05, 3.63) is 51.6 Å². The number of carbonyl (C=O) groups is 2. The van der Waals surface area contributed by atoms with Gasteiger partial charge in [-0.05, 0) is 37.3 Å². The van der Waals surface area contributed by atoms with Crippen LogP contribution in [0.2, 0.25) is 5.02 Å². The monoisotopic (exact) mass is 393 g/mol. The Bertz CT molecular complexity index is 904. The fourth-order valence-corrected chi connectivity index (χ4v) is 3.40. The van der Waals surface area contributed by atoms with Crippen LogP contribution < -0.4 is 5.32 Å². The molecule has 2 aromatic rings. The van der Waals surface area contributed by atoms with Crippen LogP contribution in [0.25, 0.3) is 17.4 Å². The van der Waals surface area contributed by atoms with Gasteiger partial charge in [0.1, 0.15) is 15.8 Å². The summed E-state index contributed by atoms with van der Waals surface area (Å²) in [5, 5.41) is 2.85. The zero-order valence-corrected chi connectivity index (χ0v) is 15.4. The number of esters is 1. The summed E-state index contributed by atoms with van der Waals surface area (Å²) in [6, 6.07) is 8.45. The zero-order valence-electron chi connectivity index (χ0n) is 13.0. The van der Waals surface area contributed by atoms with Crippen LogP contribution in [0.15, 0.2) is 39.7 Å². The molecule has 8 heteroatoms. The zero-order chi connectivity index (χ0) is 18.0. The molecule has 5 nitrogen and oxygen atoms in total. The van der Waals surface area contributed by atoms with Gasteiger partial charge in [0.25, 0.3) is 5.91 Å². The normalized spacial score (nSPS) is 15.5. The first kappa shape index (κ1) is 17.7. The Kier molecular flexibility index (Phi) is 5.27. The molecule has 0 radical (unpaired) electrons. The van der Waals surface area contributed by atoms with E-state index in [2.05, 4.69) is 5.32 Å². The van der Waals surface area contributed by atoms with Crippen molar-refractivity contribution in [2.24, 2.45) is 0 Å². The number of rotatable bonds is 4. The third-order valence-electron chi connectivity index (χ3n) is 3.29. The van der Waals surface area contributed by atoms with E-state index < -0.39 is 5.97 Å². The molecule has 1 amide bonds. The Morgan fingerprint density at radius 3 is 2.88 bits per heavy atom. The molecular weight excluding hydrogens is 382 g/mol. The van der Waals surface area contributed by atoms with Crippen LogP contribution in [-0.2, 0) is 9.53 Å². The molecule has 1 fully saturated rings. The van der Waals surface area contributed by atoms with Gasteiger partial charge in [0.15, 0.2) is 0 Å². The maximum Gasteiger partial charge on any atom is 0.339 e. The molecule has 1 saturated heterocycles. The number of hydrogen-bond acceptors (Lipinski definition) is 6. The summed E-state index contributed by atoms with van der Waals surface area (Å²) in [7, 11) is 0. The maximum absolute atomic E-state index is 11.9. The number of furan rings is 1. The fourth-order valence-electron chi connectivity index (χ4n) is 2.18. The van der Waals surface area contributed by atoms with Crippen LogP contribution in [0, 0.1) is 0 Å². The van der Waals surface area contributed by atoms with Crippen molar-refractivity contribution in [2.75, 3.05) is 6.61 Å². The van der Waals surface area contributed by atoms with E-state index in [1.54, 1.807) is 43.3 Å². The van der Waals surface area contributed by atoms with Gasteiger partial charge in [0.05, 0.1) is 22.1 Å². The first-order chi connectivity index (χ1) is 12.0. The van der Waals surface area contributed by atoms with Gasteiger partial charge in [-0.15, -0.1) is 0 Å². The van der Waals surface area contributed by atoms with Crippen LogP contribution in [0.5, 0.6) is 0 Å². The van der Waals surface area contributed by atoms with E-state index in [1.807, 2.05) is 0 Å². The lowest BCUT2D eigenvalue weighted by Crippen LogP contribution is -2.17. The third kappa shape index (κ3) is 3.95. The number of amides is 1. The molecule has 0 bridgehead atoms. The van der Waals surface area contributed by atoms with E-state index >= 15 is 0 Å². The molecule has 25 heavy (non-hydrogen) atoms. The Balaban J connectivity index is 1.89. The molecule has 0 aliphatic carbocycles. The predicted octanol–water partition coefficient (Wildman–Crippen LogP) is 4.27. The highest BCUT2D eigenvalue weighted by Crippen LogP contribution is 2.30. The summed E-state index contributed by atoms with van der Waals surface area (Å²) in [4.78, 5) is 24.1. The summed E-state index contributed by atoms with van der Waals surface area (Å²) in [6.07, 6.45) is 1.62. The molecule has 1 aromatic carbocycles. The molecule has 0 spiro atoms. The summed E-state index contributed by atoms with van der Waals surface area (Å²) in [5.74, 6) is 0.310. The highest BCUT2D eigenvalue weighted by Gasteiger charge is 2.22. The Morgan fingerprint density at radius 2 is 2.20 bits per heavy atom. The molecule has 0 saturated carbocycles. The van der Waals surface area contributed by atoms with Crippen molar-refractivity contribution < 1.29 is 18.7 Å². The maximum atomic E-state index is 11.9. The molecule has 1 N–H and O–H groups in total. The van der Waals surface area contributed by atoms with Gasteiger partial charge >= 0.3 is 5.97 Å². The molecule has 2 heterocycles. The van der Waals surface area contributed by atoms with Crippen molar-refractivity contribution in [3.8, 4) is 11.3 Å². The SMILES string of the molecule is CCOC(=O)c1cc(-c2ccc(/C=C3\SC(=S)NC3=O)o2)ccc1Cl. The smallest absolute Gasteiger partial charge is 0.339 e. The average Bonchev–Trinajstić information content (AvgIpc) is 3.15. The first-order valence-corrected chi connectivity index (χ1v) is 8.90. The highest BCUT2D eigenvalue weighted by atomic mass is 35.5. The largest absolute Gasteiger partial charge is 0.462 e. The minimum absolute atomic E-state index is 0.246. The van der Waals surface area contributed by atoms with Gasteiger partial charge in [-0.3, -0.25) is 4.79 Å². The van der Waals surface area contributed by atoms with Gasteiger partial charge < -0.3 is 14.5 Å². The Labute approximate surface area is 158 Å². The number of thioether (sulfide) groups is 1. The van der Waals surface area contributed by atoms with Crippen molar-refractivity contribution in [1.29, 1.82) is 0 Å². The molecule has 128 valence electrons. The van der Waals surface area contributed by atoms with Crippen molar-refractivity contribution in [1.82, 2.24) is 5.32 Å². The van der Waals surface area contributed by atoms with Crippen molar-refractivity contribution in [2.45, 2.75) is 6.92 Å². The summed E-state index contributed by atoms with van der Waals surface area (Å²) < 4.78 is 11.2. The number of nitrogens with one attached hydrogen (secondary N) is 1. The molecule has 0 unspecified atom stereocenters. The van der Waals surface area contributed by atoms with Crippen LogP contribution in [0.4, 0.5) is 0 Å². The van der Waals surface area contributed by atoms with E-state index in [-0.39, 0.29) is 18.1 Å². The number of ether oxygens (including phenoxy) is 1. The lowest BCUT2D eigenvalue weighted by atomic mass is 10.1. The van der Waals surface area contributed by atoms with E-state index in [1.165, 1.54) is 11.8 Å². The van der Waals surface area contributed by atoms with E-state index in [9.17, 15) is 9.59 Å². The van der Waals surface area contributed by atoms with Crippen LogP contribution in [0.3, 0.4) is 0 Å². The molecule has 1 aromatic heterocycles. The third-order valence-corrected chi connectivity index (χ3v) is 4.78. The molecule has 1 aliphatic rings. The van der Waals surface area contributed by atoms with Gasteiger partial charge in [-0.25, -0.2) is 4.79 Å². The second-order valence-corrected chi connectivity index (χ2v) is 7.10. The van der Waals surface area contributed by atoms with E-state index in [0.29, 0.717) is 31.3 Å². The van der Waals surface area contributed by atoms with Crippen LogP contribution in [0.1, 0.15) is 23.0 Å². The average molecular weight is 394 g/mol. The highest BCUT2D eigenvalue weighted by molar-refractivity contribution is 8.26. The molecule has 3 rings (SSSR count). The summed E-state index contributed by atoms with van der Waals surface area (Å²) >= 11 is 12.2. The topological polar surface area (TPSA) is 68.5 Å². The predicted molar refractivity (Wildman–Crippen MR) is 101 cm³/mol. The van der Waals surface area contributed by atoms with Gasteiger partial charge in [-0.2, -0.15) is 0 Å². The van der Waals surface area contributed by atoms with E-state index in [4.69, 9.17) is 33.0 Å². The number of hydrogen-bond donors (Lipinski definition) is 1. The minimum atomic E-state index is -0.490. The Morgan fingerprint density at radius 1 is 1.40 bits per heavy atom. The number of carbonyl (C=O) groups excluding carboxylic acids is 2. The molecule has 1 aliphatic heterocycles. The van der Waals surface area contributed by atoms with Crippen molar-refractivity contribution >= 4 is 57.9 Å². The second-order valence-electron chi connectivity index (χ2n) is 4.97. The van der Waals surface area contributed by atoms with Gasteiger partial charge in [0.2, 0.25) is 0 Å². The number of halogens is 1. The fraction of sp³-hybridized carbons (Fsp3) is 0.118. The first-order valence-electron chi connectivity index (χ1n) is 7.29. The Hall–Kier alpha value is -2.09. The van der Waals surface area contributed by atoms with Crippen LogP contribution in [-0.4, -0.2) is 22.8 Å². The number of benzene rings is 1. The lowest BCUT2D eigenvalue weighted by Gasteiger charge is -2.05. The minimum Gasteiger partial charge on any atom is -0.462 e. The lowest BCUT2D eigenvalue weighted by molar-refractivity contribution is -0.115. The van der Waals surface area contributed by atoms with Gasteiger partial charge in [0, 0.05) is 11.6 Å². The summed E-state index contributed by atoms with van der Waals surface area (Å²) in [5.41, 5.74) is 0.949. The van der Waals surface area contributed by atoms with Gasteiger partial charge in [-0.1, -0.05) is 35.6 Å². The quantitative estimate of drug-likeness (QED) is 0.475. The number of thiocarbonyl (C=S) groups is 1.